The number of nitrogens with zero attached hydrogens (tertiary/aromatic N) is 2. The standard InChI is InChI=1S/C10H10N2OS/c13-6-10-5-11-8-12(10)3-1-9-2-4-14-7-9/h2,4-8H,1,3H2. The van der Waals surface area contributed by atoms with Gasteiger partial charge in [0.1, 0.15) is 5.69 Å². The predicted octanol–water partition coefficient (Wildman–Crippen LogP) is 2.00. The smallest absolute Gasteiger partial charge is 0.168 e. The molecule has 4 heteroatoms. The van der Waals surface area contributed by atoms with E-state index in [4.69, 9.17) is 0 Å². The Morgan fingerprint density at radius 3 is 3.21 bits per heavy atom. The van der Waals surface area contributed by atoms with E-state index in [9.17, 15) is 4.79 Å². The van der Waals surface area contributed by atoms with Crippen molar-refractivity contribution >= 4 is 17.6 Å². The van der Waals surface area contributed by atoms with Crippen LogP contribution in [0.2, 0.25) is 0 Å². The second-order valence-corrected chi connectivity index (χ2v) is 3.79. The van der Waals surface area contributed by atoms with E-state index in [-0.39, 0.29) is 0 Å². The quantitative estimate of drug-likeness (QED) is 0.717. The third-order valence-corrected chi connectivity index (χ3v) is 2.82. The summed E-state index contributed by atoms with van der Waals surface area (Å²) in [7, 11) is 0. The molecule has 72 valence electrons. The van der Waals surface area contributed by atoms with Crippen LogP contribution in [0.15, 0.2) is 29.4 Å². The number of aromatic nitrogens is 2. The molecule has 2 aromatic rings. The predicted molar refractivity (Wildman–Crippen MR) is 55.6 cm³/mol. The first-order valence-electron chi connectivity index (χ1n) is 4.36. The first-order chi connectivity index (χ1) is 6.90. The molecule has 0 aromatic carbocycles. The van der Waals surface area contributed by atoms with Gasteiger partial charge in [-0.05, 0) is 28.8 Å². The fourth-order valence-electron chi connectivity index (χ4n) is 1.30. The van der Waals surface area contributed by atoms with E-state index in [1.807, 2.05) is 4.57 Å². The number of aldehydes is 1. The van der Waals surface area contributed by atoms with Crippen LogP contribution in [0.3, 0.4) is 0 Å². The highest BCUT2D eigenvalue weighted by atomic mass is 32.1. The van der Waals surface area contributed by atoms with Crippen molar-refractivity contribution < 1.29 is 4.79 Å². The lowest BCUT2D eigenvalue weighted by Gasteiger charge is -2.01. The largest absolute Gasteiger partial charge is 0.328 e. The molecular formula is C10H10N2OS. The molecule has 0 atom stereocenters. The van der Waals surface area contributed by atoms with Crippen LogP contribution in [0.25, 0.3) is 0 Å². The molecule has 0 aliphatic heterocycles. The zero-order valence-corrected chi connectivity index (χ0v) is 8.41. The van der Waals surface area contributed by atoms with Crippen molar-refractivity contribution in [3.63, 3.8) is 0 Å². The summed E-state index contributed by atoms with van der Waals surface area (Å²) in [5.41, 5.74) is 1.95. The van der Waals surface area contributed by atoms with E-state index in [0.29, 0.717) is 5.69 Å². The van der Waals surface area contributed by atoms with Gasteiger partial charge < -0.3 is 4.57 Å². The molecule has 0 radical (unpaired) electrons. The fraction of sp³-hybridized carbons (Fsp3) is 0.200. The SMILES string of the molecule is O=Cc1cncn1CCc1ccsc1. The Morgan fingerprint density at radius 1 is 1.57 bits per heavy atom. The normalized spacial score (nSPS) is 10.3. The average molecular weight is 206 g/mol. The second kappa shape index (κ2) is 4.19. The number of carbonyl (C=O) groups excluding carboxylic acids is 1. The van der Waals surface area contributed by atoms with E-state index in [2.05, 4.69) is 21.8 Å². The molecular weight excluding hydrogens is 196 g/mol. The Kier molecular flexibility index (Phi) is 2.74. The number of carbonyl (C=O) groups is 1. The fourth-order valence-corrected chi connectivity index (χ4v) is 2.00. The Bertz CT molecular complexity index is 405. The maximum absolute atomic E-state index is 10.6. The molecule has 0 amide bonds. The van der Waals surface area contributed by atoms with Gasteiger partial charge >= 0.3 is 0 Å². The van der Waals surface area contributed by atoms with Crippen LogP contribution < -0.4 is 0 Å². The Morgan fingerprint density at radius 2 is 2.50 bits per heavy atom. The van der Waals surface area contributed by atoms with Crippen molar-refractivity contribution in [2.24, 2.45) is 0 Å². The van der Waals surface area contributed by atoms with Gasteiger partial charge in [-0.15, -0.1) is 0 Å². The van der Waals surface area contributed by atoms with Gasteiger partial charge in [0.25, 0.3) is 0 Å². The molecule has 2 rings (SSSR count). The highest BCUT2D eigenvalue weighted by Gasteiger charge is 2.00. The molecule has 14 heavy (non-hydrogen) atoms. The van der Waals surface area contributed by atoms with E-state index in [1.165, 1.54) is 5.56 Å². The summed E-state index contributed by atoms with van der Waals surface area (Å²) in [6.07, 6.45) is 5.05. The van der Waals surface area contributed by atoms with Crippen molar-refractivity contribution in [2.75, 3.05) is 0 Å². The third kappa shape index (κ3) is 1.90. The van der Waals surface area contributed by atoms with E-state index >= 15 is 0 Å². The minimum atomic E-state index is 0.639. The van der Waals surface area contributed by atoms with Gasteiger partial charge in [-0.3, -0.25) is 4.79 Å². The summed E-state index contributed by atoms with van der Waals surface area (Å²) in [5.74, 6) is 0. The molecule has 0 fully saturated rings. The van der Waals surface area contributed by atoms with Crippen molar-refractivity contribution in [3.05, 3.63) is 40.6 Å². The van der Waals surface area contributed by atoms with Crippen LogP contribution >= 0.6 is 11.3 Å². The van der Waals surface area contributed by atoms with Crippen LogP contribution in [0.1, 0.15) is 16.1 Å². The van der Waals surface area contributed by atoms with E-state index in [0.717, 1.165) is 19.3 Å². The maximum atomic E-state index is 10.6. The van der Waals surface area contributed by atoms with Gasteiger partial charge in [0.2, 0.25) is 0 Å². The molecule has 2 heterocycles. The number of rotatable bonds is 4. The van der Waals surface area contributed by atoms with E-state index < -0.39 is 0 Å². The first kappa shape index (κ1) is 9.15. The van der Waals surface area contributed by atoms with Gasteiger partial charge in [-0.2, -0.15) is 11.3 Å². The molecule has 0 N–H and O–H groups in total. The number of thiophene rings is 1. The monoisotopic (exact) mass is 206 g/mol. The van der Waals surface area contributed by atoms with Crippen molar-refractivity contribution in [3.8, 4) is 0 Å². The molecule has 0 saturated carbocycles. The zero-order chi connectivity index (χ0) is 9.80. The highest BCUT2D eigenvalue weighted by Crippen LogP contribution is 2.08. The third-order valence-electron chi connectivity index (χ3n) is 2.09. The van der Waals surface area contributed by atoms with Gasteiger partial charge in [-0.25, -0.2) is 4.98 Å². The Balaban J connectivity index is 2.01. The molecule has 0 aliphatic rings. The van der Waals surface area contributed by atoms with Crippen molar-refractivity contribution in [1.29, 1.82) is 0 Å². The lowest BCUT2D eigenvalue weighted by atomic mass is 10.2. The topological polar surface area (TPSA) is 34.9 Å². The van der Waals surface area contributed by atoms with Gasteiger partial charge in [0, 0.05) is 6.54 Å². The van der Waals surface area contributed by atoms with Gasteiger partial charge in [-0.1, -0.05) is 0 Å². The summed E-state index contributed by atoms with van der Waals surface area (Å²) < 4.78 is 1.87. The summed E-state index contributed by atoms with van der Waals surface area (Å²) in [4.78, 5) is 14.5. The summed E-state index contributed by atoms with van der Waals surface area (Å²) >= 11 is 1.69. The van der Waals surface area contributed by atoms with E-state index in [1.54, 1.807) is 23.9 Å². The Labute approximate surface area is 86.0 Å². The molecule has 0 aliphatic carbocycles. The molecule has 0 saturated heterocycles. The van der Waals surface area contributed by atoms with Gasteiger partial charge in [0.15, 0.2) is 6.29 Å². The first-order valence-corrected chi connectivity index (χ1v) is 5.31. The van der Waals surface area contributed by atoms with Gasteiger partial charge in [0.05, 0.1) is 12.5 Å². The molecule has 0 spiro atoms. The molecule has 0 unspecified atom stereocenters. The number of aryl methyl sites for hydroxylation is 2. The van der Waals surface area contributed by atoms with Crippen molar-refractivity contribution in [1.82, 2.24) is 9.55 Å². The zero-order valence-electron chi connectivity index (χ0n) is 7.59. The lowest BCUT2D eigenvalue weighted by molar-refractivity contribution is 0.111. The van der Waals surface area contributed by atoms with Crippen LogP contribution in [-0.2, 0) is 13.0 Å². The maximum Gasteiger partial charge on any atom is 0.168 e. The minimum absolute atomic E-state index is 0.639. The van der Waals surface area contributed by atoms with Crippen LogP contribution in [0, 0.1) is 0 Å². The minimum Gasteiger partial charge on any atom is -0.328 e. The second-order valence-electron chi connectivity index (χ2n) is 3.01. The number of hydrogen-bond donors (Lipinski definition) is 0. The number of hydrogen-bond acceptors (Lipinski definition) is 3. The average Bonchev–Trinajstić information content (AvgIpc) is 2.85. The van der Waals surface area contributed by atoms with Crippen molar-refractivity contribution in [2.45, 2.75) is 13.0 Å². The van der Waals surface area contributed by atoms with Crippen LogP contribution in [-0.4, -0.2) is 15.8 Å². The van der Waals surface area contributed by atoms with Crippen LogP contribution in [0.4, 0.5) is 0 Å². The number of imidazole rings is 1. The Hall–Kier alpha value is -1.42. The summed E-state index contributed by atoms with van der Waals surface area (Å²) in [5, 5.41) is 4.18. The van der Waals surface area contributed by atoms with Crippen LogP contribution in [0.5, 0.6) is 0 Å². The lowest BCUT2D eigenvalue weighted by Crippen LogP contribution is -2.02. The molecule has 3 nitrogen and oxygen atoms in total. The summed E-state index contributed by atoms with van der Waals surface area (Å²) in [6, 6.07) is 2.10. The summed E-state index contributed by atoms with van der Waals surface area (Å²) in [6.45, 7) is 0.810. The molecule has 0 bridgehead atoms. The highest BCUT2D eigenvalue weighted by molar-refractivity contribution is 7.07. The molecule has 2 aromatic heterocycles.